The van der Waals surface area contributed by atoms with Crippen molar-refractivity contribution in [2.45, 2.75) is 69.5 Å². The molecule has 3 heterocycles. The zero-order valence-electron chi connectivity index (χ0n) is 37.7. The highest BCUT2D eigenvalue weighted by atomic mass is 32.2. The second-order valence-electron chi connectivity index (χ2n) is 16.9. The minimum absolute atomic E-state index is 0.0482. The van der Waals surface area contributed by atoms with Crippen LogP contribution in [-0.4, -0.2) is 104 Å². The quantitative estimate of drug-likeness (QED) is 0.111. The second-order valence-corrected chi connectivity index (χ2v) is 18.7. The van der Waals surface area contributed by atoms with Gasteiger partial charge in [-0.1, -0.05) is 48.5 Å². The van der Waals surface area contributed by atoms with Crippen molar-refractivity contribution in [3.63, 3.8) is 0 Å². The number of sulfonamides is 1. The molecule has 3 amide bonds. The number of likely N-dealkylation sites (tertiary alicyclic amines) is 1. The molecule has 67 heavy (non-hydrogen) atoms. The minimum Gasteiger partial charge on any atom is -0.448 e. The Kier molecular flexibility index (Phi) is 13.2. The van der Waals surface area contributed by atoms with Gasteiger partial charge in [0.2, 0.25) is 15.9 Å². The molecule has 1 aliphatic carbocycles. The number of carbonyl (C=O) groups is 4. The summed E-state index contributed by atoms with van der Waals surface area (Å²) in [6, 6.07) is 21.8. The van der Waals surface area contributed by atoms with Crippen molar-refractivity contribution in [3.05, 3.63) is 125 Å². The van der Waals surface area contributed by atoms with Gasteiger partial charge in [0.15, 0.2) is 0 Å². The maximum absolute atomic E-state index is 14.6. The SMILES string of the molecule is CCOC(=O)n1nc2c(c1NC(=O)c1ccc(N(CC)CCOC)cc1NC(=O)[C@@H]1CCCN1C(=O)OCC1c3ccccc3-c3ccccc31)CN(S(=O)(=O)c1cc(F)cc(F)c1)C2(C)C. The third kappa shape index (κ3) is 8.85. The first kappa shape index (κ1) is 46.8. The highest BCUT2D eigenvalue weighted by molar-refractivity contribution is 7.89. The van der Waals surface area contributed by atoms with Gasteiger partial charge in [0, 0.05) is 56.5 Å². The Bertz CT molecular complexity index is 2810. The van der Waals surface area contributed by atoms with E-state index in [1.54, 1.807) is 26.2 Å². The number of rotatable bonds is 14. The molecular formula is C48H51F2N7O9S. The number of anilines is 3. The summed E-state index contributed by atoms with van der Waals surface area (Å²) < 4.78 is 74.9. The average Bonchev–Trinajstić information content (AvgIpc) is 4.07. The number of likely N-dealkylation sites (N-methyl/N-ethyl adjacent to an activating group) is 1. The number of fused-ring (bicyclic) bond motifs is 4. The van der Waals surface area contributed by atoms with E-state index in [0.29, 0.717) is 56.4 Å². The van der Waals surface area contributed by atoms with Gasteiger partial charge in [0.05, 0.1) is 40.6 Å². The van der Waals surface area contributed by atoms with Gasteiger partial charge in [-0.2, -0.15) is 9.40 Å². The molecular weight excluding hydrogens is 889 g/mol. The molecule has 3 aliphatic rings. The van der Waals surface area contributed by atoms with Crippen molar-refractivity contribution < 1.29 is 50.6 Å². The van der Waals surface area contributed by atoms with Crippen molar-refractivity contribution in [1.82, 2.24) is 19.0 Å². The Morgan fingerprint density at radius 3 is 2.19 bits per heavy atom. The lowest BCUT2D eigenvalue weighted by atomic mass is 9.98. The van der Waals surface area contributed by atoms with Crippen LogP contribution >= 0.6 is 0 Å². The molecule has 1 aromatic heterocycles. The third-order valence-electron chi connectivity index (χ3n) is 12.5. The highest BCUT2D eigenvalue weighted by Crippen LogP contribution is 2.46. The lowest BCUT2D eigenvalue weighted by molar-refractivity contribution is -0.120. The highest BCUT2D eigenvalue weighted by Gasteiger charge is 2.50. The number of nitrogens with zero attached hydrogens (tertiary/aromatic N) is 5. The molecule has 5 aromatic rings. The van der Waals surface area contributed by atoms with Gasteiger partial charge in [0.1, 0.15) is 30.1 Å². The number of nitrogens with one attached hydrogen (secondary N) is 2. The summed E-state index contributed by atoms with van der Waals surface area (Å²) in [7, 11) is -3.01. The molecule has 19 heteroatoms. The largest absolute Gasteiger partial charge is 0.448 e. The van der Waals surface area contributed by atoms with E-state index < -0.39 is 68.7 Å². The number of benzene rings is 4. The Labute approximate surface area is 386 Å². The maximum Gasteiger partial charge on any atom is 0.436 e. The number of methoxy groups -OCH3 is 1. The standard InChI is InChI=1S/C48H51F2N7O9S/c1-6-54(21-22-64-5)31-18-19-37(40(26-31)51-45(59)41-17-12-20-55(41)46(60)66-28-39-35-15-10-8-13-33(35)34-14-9-11-16-36(34)39)44(58)52-43-38-27-56(67(62,63)32-24-29(49)23-30(50)25-32)48(3,4)42(38)53-57(43)47(61)65-7-2/h8-11,13-16,18-19,23-26,39,41H,6-7,12,17,20-22,27-28H2,1-5H3,(H,51,59)(H,52,58)/t41-/m0/s1. The maximum atomic E-state index is 14.6. The normalized spacial score (nSPS) is 16.3. The van der Waals surface area contributed by atoms with Crippen LogP contribution in [0.2, 0.25) is 0 Å². The first-order valence-corrected chi connectivity index (χ1v) is 23.4. The lowest BCUT2D eigenvalue weighted by Crippen LogP contribution is -2.44. The van der Waals surface area contributed by atoms with Gasteiger partial charge >= 0.3 is 12.2 Å². The zero-order valence-corrected chi connectivity index (χ0v) is 38.5. The first-order chi connectivity index (χ1) is 32.1. The predicted molar refractivity (Wildman–Crippen MR) is 244 cm³/mol. The van der Waals surface area contributed by atoms with Crippen molar-refractivity contribution in [2.24, 2.45) is 0 Å². The van der Waals surface area contributed by atoms with Crippen LogP contribution in [0, 0.1) is 11.6 Å². The van der Waals surface area contributed by atoms with Crippen LogP contribution in [0.3, 0.4) is 0 Å². The molecule has 0 bridgehead atoms. The minimum atomic E-state index is -4.59. The number of aromatic nitrogens is 2. The van der Waals surface area contributed by atoms with Gasteiger partial charge in [0.25, 0.3) is 5.91 Å². The fourth-order valence-electron chi connectivity index (χ4n) is 9.21. The molecule has 0 unspecified atom stereocenters. The van der Waals surface area contributed by atoms with Crippen molar-refractivity contribution >= 4 is 51.2 Å². The van der Waals surface area contributed by atoms with E-state index in [-0.39, 0.29) is 54.0 Å². The molecule has 0 spiro atoms. The molecule has 2 aliphatic heterocycles. The molecule has 1 saturated heterocycles. The molecule has 1 atom stereocenters. The molecule has 0 saturated carbocycles. The molecule has 1 fully saturated rings. The summed E-state index contributed by atoms with van der Waals surface area (Å²) in [6.45, 7) is 7.74. The molecule has 352 valence electrons. The molecule has 0 radical (unpaired) electrons. The number of hydrogen-bond donors (Lipinski definition) is 2. The zero-order chi connectivity index (χ0) is 47.8. The Morgan fingerprint density at radius 1 is 0.881 bits per heavy atom. The molecule has 4 aromatic carbocycles. The average molecular weight is 940 g/mol. The monoisotopic (exact) mass is 939 g/mol. The summed E-state index contributed by atoms with van der Waals surface area (Å²) in [4.78, 5) is 58.9. The summed E-state index contributed by atoms with van der Waals surface area (Å²) in [5.41, 5.74) is 3.62. The predicted octanol–water partition coefficient (Wildman–Crippen LogP) is 7.68. The summed E-state index contributed by atoms with van der Waals surface area (Å²) >= 11 is 0. The third-order valence-corrected chi connectivity index (χ3v) is 14.5. The lowest BCUT2D eigenvalue weighted by Gasteiger charge is -2.30. The molecule has 8 rings (SSSR count). The number of ether oxygens (including phenoxy) is 3. The van der Waals surface area contributed by atoms with Gasteiger partial charge in [-0.05, 0) is 93.1 Å². The van der Waals surface area contributed by atoms with Crippen LogP contribution in [0.15, 0.2) is 89.8 Å². The summed E-state index contributed by atoms with van der Waals surface area (Å²) in [5.74, 6) is -3.98. The van der Waals surface area contributed by atoms with Gasteiger partial charge in [-0.15, -0.1) is 4.68 Å². The topological polar surface area (TPSA) is 182 Å². The smallest absolute Gasteiger partial charge is 0.436 e. The second kappa shape index (κ2) is 18.9. The molecule has 2 N–H and O–H groups in total. The van der Waals surface area contributed by atoms with Crippen LogP contribution in [0.4, 0.5) is 35.6 Å². The van der Waals surface area contributed by atoms with Gasteiger partial charge < -0.3 is 29.7 Å². The van der Waals surface area contributed by atoms with Crippen molar-refractivity contribution in [1.29, 1.82) is 0 Å². The van der Waals surface area contributed by atoms with E-state index in [1.165, 1.54) is 24.8 Å². The van der Waals surface area contributed by atoms with E-state index in [4.69, 9.17) is 14.2 Å². The summed E-state index contributed by atoms with van der Waals surface area (Å²) in [6.07, 6.45) is -0.768. The van der Waals surface area contributed by atoms with Crippen molar-refractivity contribution in [2.75, 3.05) is 62.1 Å². The van der Waals surface area contributed by atoms with Gasteiger partial charge in [-0.3, -0.25) is 14.5 Å². The summed E-state index contributed by atoms with van der Waals surface area (Å²) in [5, 5.41) is 10.1. The van der Waals surface area contributed by atoms with Crippen LogP contribution in [-0.2, 0) is 41.1 Å². The number of halogens is 2. The van der Waals surface area contributed by atoms with E-state index in [0.717, 1.165) is 31.2 Å². The first-order valence-electron chi connectivity index (χ1n) is 22.0. The number of amides is 3. The van der Waals surface area contributed by atoms with Gasteiger partial charge in [-0.25, -0.2) is 26.8 Å². The van der Waals surface area contributed by atoms with E-state index >= 15 is 0 Å². The van der Waals surface area contributed by atoms with Crippen molar-refractivity contribution in [3.8, 4) is 11.1 Å². The Balaban J connectivity index is 1.08. The number of hydrogen-bond acceptors (Lipinski definition) is 11. The fourth-order valence-corrected chi connectivity index (χ4v) is 11.0. The molecule has 16 nitrogen and oxygen atoms in total. The Morgan fingerprint density at radius 2 is 1.55 bits per heavy atom. The number of carbonyl (C=O) groups excluding carboxylic acids is 4. The van der Waals surface area contributed by atoms with E-state index in [2.05, 4.69) is 15.7 Å². The Hall–Kier alpha value is -6.70. The van der Waals surface area contributed by atoms with Crippen LogP contribution < -0.4 is 15.5 Å². The van der Waals surface area contributed by atoms with E-state index in [9.17, 15) is 36.4 Å². The van der Waals surface area contributed by atoms with Crippen LogP contribution in [0.1, 0.15) is 79.2 Å². The fraction of sp³-hybridized carbons (Fsp3) is 0.354. The van der Waals surface area contributed by atoms with Crippen LogP contribution in [0.25, 0.3) is 11.1 Å². The van der Waals surface area contributed by atoms with Crippen LogP contribution in [0.5, 0.6) is 0 Å². The van der Waals surface area contributed by atoms with E-state index in [1.807, 2.05) is 60.4 Å².